The molecule has 0 aromatic heterocycles. The molecular formula is C20H29FO. The normalized spacial score (nSPS) is 50.9. The van der Waals surface area contributed by atoms with Gasteiger partial charge in [-0.1, -0.05) is 31.9 Å². The summed E-state index contributed by atoms with van der Waals surface area (Å²) in [4.78, 5) is 12.7. The number of carbonyl (C=O) groups is 1. The molecule has 4 aliphatic carbocycles. The van der Waals surface area contributed by atoms with E-state index in [9.17, 15) is 9.18 Å². The van der Waals surface area contributed by atoms with Gasteiger partial charge in [0, 0.05) is 11.3 Å². The van der Waals surface area contributed by atoms with Crippen LogP contribution in [-0.4, -0.2) is 12.5 Å². The third-order valence-corrected chi connectivity index (χ3v) is 8.07. The van der Waals surface area contributed by atoms with Crippen molar-refractivity contribution in [2.75, 3.05) is 6.67 Å². The molecule has 6 atom stereocenters. The van der Waals surface area contributed by atoms with Crippen molar-refractivity contribution in [3.05, 3.63) is 11.6 Å². The summed E-state index contributed by atoms with van der Waals surface area (Å²) in [5.41, 5.74) is 1.85. The minimum atomic E-state index is -0.444. The van der Waals surface area contributed by atoms with Crippen LogP contribution < -0.4 is 0 Å². The Morgan fingerprint density at radius 3 is 2.77 bits per heavy atom. The molecule has 0 amide bonds. The summed E-state index contributed by atoms with van der Waals surface area (Å²) in [6.07, 6.45) is 12.0. The third-order valence-electron chi connectivity index (χ3n) is 8.07. The standard InChI is InChI=1S/C20H29FO/c1-19-9-4-3-5-14(19)6-7-15-16(19)8-10-20(2)17(15)11-13(12-21)18(20)22/h6,13,15-17H,3-5,7-12H2,1-2H3/t13-,15-,16+,17+,19+,20+/m1/s1. The first-order chi connectivity index (χ1) is 10.5. The van der Waals surface area contributed by atoms with Crippen molar-refractivity contribution in [1.82, 2.24) is 0 Å². The molecule has 3 fully saturated rings. The molecule has 1 nitrogen and oxygen atoms in total. The molecule has 4 rings (SSSR count). The van der Waals surface area contributed by atoms with Crippen molar-refractivity contribution in [1.29, 1.82) is 0 Å². The Morgan fingerprint density at radius 1 is 1.18 bits per heavy atom. The zero-order valence-electron chi connectivity index (χ0n) is 14.0. The van der Waals surface area contributed by atoms with E-state index in [0.29, 0.717) is 17.3 Å². The van der Waals surface area contributed by atoms with Crippen LogP contribution in [0, 0.1) is 34.5 Å². The second-order valence-corrected chi connectivity index (χ2v) is 8.87. The van der Waals surface area contributed by atoms with E-state index in [1.54, 1.807) is 5.57 Å². The van der Waals surface area contributed by atoms with Crippen LogP contribution >= 0.6 is 0 Å². The lowest BCUT2D eigenvalue weighted by Gasteiger charge is -2.56. The number of carbonyl (C=O) groups excluding carboxylic acids is 1. The predicted molar refractivity (Wildman–Crippen MR) is 86.2 cm³/mol. The number of fused-ring (bicyclic) bond motifs is 5. The number of alkyl halides is 1. The molecule has 2 heteroatoms. The average Bonchev–Trinajstić information content (AvgIpc) is 2.78. The van der Waals surface area contributed by atoms with Gasteiger partial charge in [0.15, 0.2) is 0 Å². The first-order valence-electron chi connectivity index (χ1n) is 9.30. The van der Waals surface area contributed by atoms with Gasteiger partial charge in [-0.3, -0.25) is 9.18 Å². The van der Waals surface area contributed by atoms with E-state index in [-0.39, 0.29) is 17.1 Å². The SMILES string of the molecule is C[C@]12CCCCC1=CC[C@@H]1[C@@H]2CC[C@]2(C)C(=O)[C@@H](CF)C[C@@H]12. The van der Waals surface area contributed by atoms with Gasteiger partial charge in [0.05, 0.1) is 6.67 Å². The van der Waals surface area contributed by atoms with Crippen LogP contribution in [0.1, 0.15) is 65.2 Å². The largest absolute Gasteiger partial charge is 0.299 e. The van der Waals surface area contributed by atoms with Crippen LogP contribution in [0.3, 0.4) is 0 Å². The number of Topliss-reactive ketones (excluding diaryl/α,β-unsaturated/α-hetero) is 1. The lowest BCUT2D eigenvalue weighted by molar-refractivity contribution is -0.134. The molecule has 4 aliphatic rings. The fourth-order valence-electron chi connectivity index (χ4n) is 6.77. The molecule has 0 aromatic rings. The van der Waals surface area contributed by atoms with Gasteiger partial charge in [-0.05, 0) is 68.1 Å². The highest BCUT2D eigenvalue weighted by atomic mass is 19.1. The van der Waals surface area contributed by atoms with Crippen molar-refractivity contribution in [3.63, 3.8) is 0 Å². The van der Waals surface area contributed by atoms with E-state index in [0.717, 1.165) is 25.2 Å². The molecule has 0 unspecified atom stereocenters. The average molecular weight is 304 g/mol. The zero-order valence-corrected chi connectivity index (χ0v) is 14.0. The van der Waals surface area contributed by atoms with Gasteiger partial charge < -0.3 is 0 Å². The second kappa shape index (κ2) is 4.92. The number of halogens is 1. The van der Waals surface area contributed by atoms with Crippen LogP contribution in [0.15, 0.2) is 11.6 Å². The first-order valence-corrected chi connectivity index (χ1v) is 9.30. The minimum absolute atomic E-state index is 0.228. The number of hydrogen-bond donors (Lipinski definition) is 0. The van der Waals surface area contributed by atoms with Gasteiger partial charge in [-0.2, -0.15) is 0 Å². The maximum Gasteiger partial charge on any atom is 0.144 e. The minimum Gasteiger partial charge on any atom is -0.299 e. The molecule has 0 aromatic carbocycles. The highest BCUT2D eigenvalue weighted by Gasteiger charge is 2.60. The number of hydrogen-bond acceptors (Lipinski definition) is 1. The number of allylic oxidation sites excluding steroid dienone is 2. The van der Waals surface area contributed by atoms with Crippen molar-refractivity contribution in [2.45, 2.75) is 65.2 Å². The van der Waals surface area contributed by atoms with E-state index in [4.69, 9.17) is 0 Å². The molecule has 0 saturated heterocycles. The van der Waals surface area contributed by atoms with Crippen LogP contribution in [0.2, 0.25) is 0 Å². The molecule has 3 saturated carbocycles. The zero-order chi connectivity index (χ0) is 15.5. The highest BCUT2D eigenvalue weighted by molar-refractivity contribution is 5.89. The summed E-state index contributed by atoms with van der Waals surface area (Å²) in [5.74, 6) is 1.71. The Labute approximate surface area is 133 Å². The molecule has 0 aliphatic heterocycles. The lowest BCUT2D eigenvalue weighted by atomic mass is 9.48. The molecule has 0 spiro atoms. The molecule has 0 bridgehead atoms. The van der Waals surface area contributed by atoms with Crippen LogP contribution in [0.5, 0.6) is 0 Å². The van der Waals surface area contributed by atoms with Crippen molar-refractivity contribution in [2.24, 2.45) is 34.5 Å². The Morgan fingerprint density at radius 2 is 2.00 bits per heavy atom. The fraction of sp³-hybridized carbons (Fsp3) is 0.850. The van der Waals surface area contributed by atoms with Crippen molar-refractivity contribution >= 4 is 5.78 Å². The van der Waals surface area contributed by atoms with E-state index in [1.165, 1.54) is 32.1 Å². The molecule has 122 valence electrons. The van der Waals surface area contributed by atoms with E-state index >= 15 is 0 Å². The van der Waals surface area contributed by atoms with Gasteiger partial charge in [-0.25, -0.2) is 0 Å². The van der Waals surface area contributed by atoms with Crippen LogP contribution in [-0.2, 0) is 4.79 Å². The molecule has 0 heterocycles. The Kier molecular flexibility index (Phi) is 3.33. The smallest absolute Gasteiger partial charge is 0.144 e. The van der Waals surface area contributed by atoms with Crippen LogP contribution in [0.4, 0.5) is 4.39 Å². The Balaban J connectivity index is 1.69. The number of rotatable bonds is 1. The maximum absolute atomic E-state index is 13.3. The van der Waals surface area contributed by atoms with Gasteiger partial charge in [0.25, 0.3) is 0 Å². The van der Waals surface area contributed by atoms with Gasteiger partial charge in [0.2, 0.25) is 0 Å². The summed E-state index contributed by atoms with van der Waals surface area (Å²) in [6.45, 7) is 4.19. The summed E-state index contributed by atoms with van der Waals surface area (Å²) >= 11 is 0. The highest BCUT2D eigenvalue weighted by Crippen LogP contribution is 2.64. The van der Waals surface area contributed by atoms with Gasteiger partial charge in [-0.15, -0.1) is 0 Å². The fourth-order valence-corrected chi connectivity index (χ4v) is 6.77. The van der Waals surface area contributed by atoms with E-state index in [2.05, 4.69) is 19.9 Å². The van der Waals surface area contributed by atoms with Crippen molar-refractivity contribution < 1.29 is 9.18 Å². The Hall–Kier alpha value is -0.660. The molecule has 0 N–H and O–H groups in total. The lowest BCUT2D eigenvalue weighted by Crippen LogP contribution is -2.49. The molecule has 0 radical (unpaired) electrons. The molecular weight excluding hydrogens is 275 g/mol. The summed E-state index contributed by atoms with van der Waals surface area (Å²) in [6, 6.07) is 0. The summed E-state index contributed by atoms with van der Waals surface area (Å²) in [5, 5.41) is 0. The third kappa shape index (κ3) is 1.79. The second-order valence-electron chi connectivity index (χ2n) is 8.87. The summed E-state index contributed by atoms with van der Waals surface area (Å²) < 4.78 is 13.3. The monoisotopic (exact) mass is 304 g/mol. The summed E-state index contributed by atoms with van der Waals surface area (Å²) in [7, 11) is 0. The molecule has 22 heavy (non-hydrogen) atoms. The van der Waals surface area contributed by atoms with Crippen molar-refractivity contribution in [3.8, 4) is 0 Å². The quantitative estimate of drug-likeness (QED) is 0.616. The number of ketones is 1. The Bertz CT molecular complexity index is 524. The van der Waals surface area contributed by atoms with Crippen LogP contribution in [0.25, 0.3) is 0 Å². The van der Waals surface area contributed by atoms with Gasteiger partial charge >= 0.3 is 0 Å². The maximum atomic E-state index is 13.3. The van der Waals surface area contributed by atoms with E-state index < -0.39 is 6.67 Å². The van der Waals surface area contributed by atoms with E-state index in [1.807, 2.05) is 0 Å². The predicted octanol–water partition coefficient (Wildman–Crippen LogP) is 5.10. The van der Waals surface area contributed by atoms with Gasteiger partial charge in [0.1, 0.15) is 5.78 Å². The first kappa shape index (κ1) is 14.9. The topological polar surface area (TPSA) is 17.1 Å².